The van der Waals surface area contributed by atoms with Crippen molar-refractivity contribution in [1.82, 2.24) is 15.5 Å². The Morgan fingerprint density at radius 3 is 2.51 bits per heavy atom. The van der Waals surface area contributed by atoms with Crippen molar-refractivity contribution in [3.8, 4) is 17.1 Å². The van der Waals surface area contributed by atoms with Crippen LogP contribution in [-0.4, -0.2) is 22.4 Å². The maximum absolute atomic E-state index is 5.85. The summed E-state index contributed by atoms with van der Waals surface area (Å²) in [6, 6.07) is 25.9. The number of allylic oxidation sites excluding steroid dienone is 1. The second kappa shape index (κ2) is 9.72. The highest BCUT2D eigenvalue weighted by molar-refractivity contribution is 7.80. The molecule has 3 aromatic carbocycles. The number of ether oxygens (including phenoxy) is 1. The van der Waals surface area contributed by atoms with Gasteiger partial charge in [0.15, 0.2) is 5.11 Å². The Morgan fingerprint density at radius 2 is 1.80 bits per heavy atom. The zero-order valence-electron chi connectivity index (χ0n) is 19.9. The molecular weight excluding hydrogens is 456 g/mol. The first-order valence-electron chi connectivity index (χ1n) is 11.5. The summed E-state index contributed by atoms with van der Waals surface area (Å²) in [5, 5.41) is 8.38. The monoisotopic (exact) mass is 482 g/mol. The quantitative estimate of drug-likeness (QED) is 0.330. The molecule has 0 amide bonds. The smallest absolute Gasteiger partial charge is 0.258 e. The summed E-state index contributed by atoms with van der Waals surface area (Å²) >= 11 is 5.85. The standard InChI is InChI=1S/C28H26N4O2S/c1-4-19-13-15-20(16-14-19)25-24(27-30-26(31-34-27)21-9-6-5-7-10-21)18(2)32(28(35)29-25)22-11-8-12-23(17-22)33-3/h5-17,25H,4H2,1-3H3,(H,29,35). The predicted octanol–water partition coefficient (Wildman–Crippen LogP) is 6.17. The summed E-state index contributed by atoms with van der Waals surface area (Å²) in [7, 11) is 1.65. The van der Waals surface area contributed by atoms with Gasteiger partial charge in [-0.15, -0.1) is 0 Å². The van der Waals surface area contributed by atoms with E-state index in [1.807, 2.05) is 66.4 Å². The number of benzene rings is 3. The van der Waals surface area contributed by atoms with Crippen molar-refractivity contribution in [1.29, 1.82) is 0 Å². The van der Waals surface area contributed by atoms with Crippen LogP contribution >= 0.6 is 12.2 Å². The highest BCUT2D eigenvalue weighted by Crippen LogP contribution is 2.39. The van der Waals surface area contributed by atoms with Crippen LogP contribution in [0.1, 0.15) is 36.9 Å². The average molecular weight is 483 g/mol. The number of hydrogen-bond donors (Lipinski definition) is 1. The Hall–Kier alpha value is -3.97. The molecule has 0 fully saturated rings. The molecule has 0 aliphatic carbocycles. The largest absolute Gasteiger partial charge is 0.497 e. The van der Waals surface area contributed by atoms with Crippen molar-refractivity contribution in [2.45, 2.75) is 26.3 Å². The Bertz CT molecular complexity index is 1380. The molecule has 1 aliphatic rings. The molecule has 7 heteroatoms. The molecule has 0 radical (unpaired) electrons. The molecule has 0 saturated carbocycles. The van der Waals surface area contributed by atoms with Gasteiger partial charge in [0, 0.05) is 17.3 Å². The predicted molar refractivity (Wildman–Crippen MR) is 142 cm³/mol. The van der Waals surface area contributed by atoms with E-state index in [1.165, 1.54) is 5.56 Å². The molecular formula is C28H26N4O2S. The van der Waals surface area contributed by atoms with Crippen LogP contribution in [0.25, 0.3) is 17.0 Å². The second-order valence-corrected chi connectivity index (χ2v) is 8.69. The molecule has 1 aliphatic heterocycles. The number of hydrogen-bond acceptors (Lipinski definition) is 5. The number of anilines is 1. The zero-order chi connectivity index (χ0) is 24.4. The minimum atomic E-state index is -0.237. The molecule has 2 heterocycles. The van der Waals surface area contributed by atoms with E-state index >= 15 is 0 Å². The lowest BCUT2D eigenvalue weighted by Gasteiger charge is -2.37. The zero-order valence-corrected chi connectivity index (χ0v) is 20.7. The van der Waals surface area contributed by atoms with Gasteiger partial charge in [0.05, 0.1) is 24.4 Å². The van der Waals surface area contributed by atoms with Gasteiger partial charge >= 0.3 is 0 Å². The van der Waals surface area contributed by atoms with E-state index in [-0.39, 0.29) is 6.04 Å². The minimum Gasteiger partial charge on any atom is -0.497 e. The molecule has 0 saturated heterocycles. The van der Waals surface area contributed by atoms with Gasteiger partial charge in [0.1, 0.15) is 5.75 Å². The normalized spacial score (nSPS) is 15.8. The van der Waals surface area contributed by atoms with Crippen LogP contribution in [0.5, 0.6) is 5.75 Å². The van der Waals surface area contributed by atoms with Crippen molar-refractivity contribution in [3.05, 3.63) is 102 Å². The molecule has 176 valence electrons. The fourth-order valence-electron chi connectivity index (χ4n) is 4.31. The van der Waals surface area contributed by atoms with Gasteiger partial charge < -0.3 is 14.6 Å². The second-order valence-electron chi connectivity index (χ2n) is 8.30. The Morgan fingerprint density at radius 1 is 1.03 bits per heavy atom. The number of thiocarbonyl (C=S) groups is 1. The molecule has 0 bridgehead atoms. The van der Waals surface area contributed by atoms with Crippen molar-refractivity contribution >= 4 is 28.6 Å². The highest BCUT2D eigenvalue weighted by Gasteiger charge is 2.34. The molecule has 0 spiro atoms. The SMILES string of the molecule is CCc1ccc(C2NC(=S)N(c3cccc(OC)c3)C(C)=C2c2nc(-c3ccccc3)no2)cc1. The van der Waals surface area contributed by atoms with Crippen LogP contribution in [0, 0.1) is 0 Å². The third kappa shape index (κ3) is 4.42. The molecule has 5 rings (SSSR count). The van der Waals surface area contributed by atoms with E-state index in [9.17, 15) is 0 Å². The Kier molecular flexibility index (Phi) is 6.33. The van der Waals surface area contributed by atoms with Crippen LogP contribution in [-0.2, 0) is 6.42 Å². The molecule has 1 unspecified atom stereocenters. The third-order valence-corrected chi connectivity index (χ3v) is 6.51. The molecule has 1 aromatic heterocycles. The fourth-order valence-corrected chi connectivity index (χ4v) is 4.67. The lowest BCUT2D eigenvalue weighted by molar-refractivity contribution is 0.404. The molecule has 6 nitrogen and oxygen atoms in total. The topological polar surface area (TPSA) is 63.4 Å². The van der Waals surface area contributed by atoms with Gasteiger partial charge in [0.25, 0.3) is 5.89 Å². The summed E-state index contributed by atoms with van der Waals surface area (Å²) in [5.74, 6) is 1.75. The first-order valence-corrected chi connectivity index (χ1v) is 11.9. The maximum Gasteiger partial charge on any atom is 0.258 e. The van der Waals surface area contributed by atoms with Crippen molar-refractivity contribution in [3.63, 3.8) is 0 Å². The molecule has 1 atom stereocenters. The van der Waals surface area contributed by atoms with Gasteiger partial charge in [0.2, 0.25) is 5.82 Å². The summed E-state index contributed by atoms with van der Waals surface area (Å²) in [4.78, 5) is 6.76. The number of rotatable bonds is 6. The van der Waals surface area contributed by atoms with Crippen LogP contribution in [0.4, 0.5) is 5.69 Å². The molecule has 35 heavy (non-hydrogen) atoms. The van der Waals surface area contributed by atoms with Crippen LogP contribution in [0.15, 0.2) is 89.1 Å². The first-order chi connectivity index (χ1) is 17.1. The summed E-state index contributed by atoms with van der Waals surface area (Å²) in [6.07, 6.45) is 0.978. The average Bonchev–Trinajstić information content (AvgIpc) is 3.39. The van der Waals surface area contributed by atoms with Gasteiger partial charge in [-0.2, -0.15) is 4.98 Å². The van der Waals surface area contributed by atoms with Crippen LogP contribution in [0.2, 0.25) is 0 Å². The van der Waals surface area contributed by atoms with Crippen molar-refractivity contribution in [2.75, 3.05) is 12.0 Å². The lowest BCUT2D eigenvalue weighted by Crippen LogP contribution is -2.46. The number of methoxy groups -OCH3 is 1. The highest BCUT2D eigenvalue weighted by atomic mass is 32.1. The van der Waals surface area contributed by atoms with Gasteiger partial charge in [-0.05, 0) is 48.8 Å². The van der Waals surface area contributed by atoms with Gasteiger partial charge in [-0.25, -0.2) is 0 Å². The summed E-state index contributed by atoms with van der Waals surface area (Å²) < 4.78 is 11.3. The van der Waals surface area contributed by atoms with Crippen LogP contribution in [0.3, 0.4) is 0 Å². The van der Waals surface area contributed by atoms with E-state index in [4.69, 9.17) is 26.5 Å². The van der Waals surface area contributed by atoms with E-state index < -0.39 is 0 Å². The van der Waals surface area contributed by atoms with E-state index in [1.54, 1.807) is 7.11 Å². The summed E-state index contributed by atoms with van der Waals surface area (Å²) in [6.45, 7) is 4.18. The summed E-state index contributed by atoms with van der Waals surface area (Å²) in [5.41, 5.74) is 5.92. The maximum atomic E-state index is 5.85. The molecule has 4 aromatic rings. The van der Waals surface area contributed by atoms with Crippen molar-refractivity contribution in [2.24, 2.45) is 0 Å². The van der Waals surface area contributed by atoms with Crippen LogP contribution < -0.4 is 15.0 Å². The number of aryl methyl sites for hydroxylation is 1. The van der Waals surface area contributed by atoms with E-state index in [2.05, 4.69) is 41.7 Å². The van der Waals surface area contributed by atoms with Gasteiger partial charge in [-0.3, -0.25) is 4.90 Å². The first kappa shape index (κ1) is 22.8. The van der Waals surface area contributed by atoms with Crippen molar-refractivity contribution < 1.29 is 9.26 Å². The Balaban J connectivity index is 1.65. The number of aromatic nitrogens is 2. The lowest BCUT2D eigenvalue weighted by atomic mass is 9.93. The molecule has 1 N–H and O–H groups in total. The number of nitrogens with one attached hydrogen (secondary N) is 1. The van der Waals surface area contributed by atoms with E-state index in [0.717, 1.165) is 40.3 Å². The van der Waals surface area contributed by atoms with Gasteiger partial charge in [-0.1, -0.05) is 72.7 Å². The Labute approximate surface area is 210 Å². The fraction of sp³-hybridized carbons (Fsp3) is 0.179. The number of nitrogens with zero attached hydrogens (tertiary/aromatic N) is 3. The van der Waals surface area contributed by atoms with E-state index in [0.29, 0.717) is 16.8 Å². The third-order valence-electron chi connectivity index (χ3n) is 6.21. The minimum absolute atomic E-state index is 0.237.